The summed E-state index contributed by atoms with van der Waals surface area (Å²) < 4.78 is 36.7. The van der Waals surface area contributed by atoms with Crippen molar-refractivity contribution in [3.05, 3.63) is 142 Å². The molecule has 0 saturated heterocycles. The summed E-state index contributed by atoms with van der Waals surface area (Å²) in [6.45, 7) is 3.21. The van der Waals surface area contributed by atoms with E-state index in [1.165, 1.54) is 12.1 Å². The highest BCUT2D eigenvalue weighted by atomic mass is 16.5. The van der Waals surface area contributed by atoms with Gasteiger partial charge < -0.3 is 27.8 Å². The average molecular weight is 700 g/mol. The zero-order chi connectivity index (χ0) is 35.5. The first-order valence-electron chi connectivity index (χ1n) is 17.2. The van der Waals surface area contributed by atoms with Gasteiger partial charge in [-0.3, -0.25) is 9.59 Å². The Hall–Kier alpha value is -6.04. The molecule has 3 heterocycles. The Balaban J connectivity index is 0.751. The van der Waals surface area contributed by atoms with Crippen molar-refractivity contribution in [3.63, 3.8) is 0 Å². The van der Waals surface area contributed by atoms with Crippen LogP contribution in [0.3, 0.4) is 0 Å². The van der Waals surface area contributed by atoms with Crippen LogP contribution in [-0.4, -0.2) is 54.6 Å². The van der Waals surface area contributed by atoms with Crippen LogP contribution in [0.5, 0.6) is 11.5 Å². The number of fused-ring (bicyclic) bond motifs is 2. The van der Waals surface area contributed by atoms with Gasteiger partial charge in [0.2, 0.25) is 0 Å². The lowest BCUT2D eigenvalue weighted by atomic mass is 10.1. The number of para-hydroxylation sites is 1. The summed E-state index contributed by atoms with van der Waals surface area (Å²) in [5.41, 5.74) is 3.41. The van der Waals surface area contributed by atoms with Crippen LogP contribution in [0.2, 0.25) is 0 Å². The Bertz CT molecular complexity index is 2350. The Morgan fingerprint density at radius 2 is 1.21 bits per heavy atom. The van der Waals surface area contributed by atoms with Crippen molar-refractivity contribution >= 4 is 21.9 Å². The lowest BCUT2D eigenvalue weighted by Crippen LogP contribution is -2.13. The number of hydrogen-bond donors (Lipinski definition) is 0. The second-order valence-electron chi connectivity index (χ2n) is 12.0. The van der Waals surface area contributed by atoms with E-state index >= 15 is 0 Å². The van der Waals surface area contributed by atoms with Crippen LogP contribution in [0.4, 0.5) is 0 Å². The van der Waals surface area contributed by atoms with Gasteiger partial charge in [0.15, 0.2) is 10.9 Å². The van der Waals surface area contributed by atoms with Gasteiger partial charge in [-0.05, 0) is 61.4 Å². The first-order chi connectivity index (χ1) is 25.6. The van der Waals surface area contributed by atoms with Gasteiger partial charge in [0.1, 0.15) is 40.8 Å². The molecule has 0 radical (unpaired) electrons. The summed E-state index contributed by atoms with van der Waals surface area (Å²) in [6.07, 6.45) is 3.44. The predicted molar refractivity (Wildman–Crippen MR) is 197 cm³/mol. The maximum Gasteiger partial charge on any atom is 0.193 e. The predicted octanol–water partition coefficient (Wildman–Crippen LogP) is 6.95. The minimum absolute atomic E-state index is 0.0676. The quantitative estimate of drug-likeness (QED) is 0.0922. The third-order valence-corrected chi connectivity index (χ3v) is 8.30. The maximum atomic E-state index is 12.6. The monoisotopic (exact) mass is 699 g/mol. The molecule has 0 spiro atoms. The summed E-state index contributed by atoms with van der Waals surface area (Å²) in [5, 5.41) is 9.51. The number of rotatable bonds is 17. The average Bonchev–Trinajstić information content (AvgIpc) is 3.63. The van der Waals surface area contributed by atoms with Crippen molar-refractivity contribution in [2.24, 2.45) is 0 Å². The number of aryl methyl sites for hydroxylation is 1. The van der Waals surface area contributed by atoms with Crippen LogP contribution in [0.1, 0.15) is 12.1 Å². The molecule has 4 aromatic carbocycles. The van der Waals surface area contributed by atoms with Gasteiger partial charge in [-0.1, -0.05) is 47.7 Å². The lowest BCUT2D eigenvalue weighted by molar-refractivity contribution is 0.0333. The van der Waals surface area contributed by atoms with Gasteiger partial charge in [0.05, 0.1) is 56.0 Å². The molecule has 0 N–H and O–H groups in total. The van der Waals surface area contributed by atoms with E-state index in [1.807, 2.05) is 72.9 Å². The van der Waals surface area contributed by atoms with E-state index in [1.54, 1.807) is 35.0 Å². The SMILES string of the molecule is O=c1cc(-c2ccc(OCCCc3cn(CCOCCOCCOc4ccc5c(=O)cc(-c6ccccc6)oc5c4)nn3)cc2)oc2ccccc12. The van der Waals surface area contributed by atoms with E-state index in [2.05, 4.69) is 10.3 Å². The molecule has 264 valence electrons. The van der Waals surface area contributed by atoms with Crippen molar-refractivity contribution in [3.8, 4) is 34.1 Å². The van der Waals surface area contributed by atoms with Gasteiger partial charge in [0.25, 0.3) is 0 Å². The second kappa shape index (κ2) is 16.8. The van der Waals surface area contributed by atoms with E-state index < -0.39 is 0 Å². The molecule has 0 bridgehead atoms. The molecule has 7 rings (SSSR count). The van der Waals surface area contributed by atoms with Crippen molar-refractivity contribution < 1.29 is 27.8 Å². The van der Waals surface area contributed by atoms with E-state index in [0.717, 1.165) is 35.4 Å². The molecule has 7 aromatic rings. The molecule has 0 aliphatic rings. The Kier molecular flexibility index (Phi) is 11.1. The second-order valence-corrected chi connectivity index (χ2v) is 12.0. The highest BCUT2D eigenvalue weighted by Gasteiger charge is 2.10. The molecule has 0 aliphatic carbocycles. The highest BCUT2D eigenvalue weighted by molar-refractivity contribution is 5.80. The summed E-state index contributed by atoms with van der Waals surface area (Å²) >= 11 is 0. The number of benzene rings is 4. The van der Waals surface area contributed by atoms with E-state index in [4.69, 9.17) is 27.8 Å². The molecule has 0 amide bonds. The number of nitrogens with zero attached hydrogens (tertiary/aromatic N) is 3. The minimum Gasteiger partial charge on any atom is -0.494 e. The molecule has 0 fully saturated rings. The van der Waals surface area contributed by atoms with Gasteiger partial charge in [-0.25, -0.2) is 4.68 Å². The minimum atomic E-state index is -0.0993. The summed E-state index contributed by atoms with van der Waals surface area (Å²) in [7, 11) is 0. The normalized spacial score (nSPS) is 11.3. The Morgan fingerprint density at radius 3 is 2.02 bits per heavy atom. The standard InChI is InChI=1S/C41H37N3O8/c45-36-26-40(51-38-11-5-4-10-34(36)38)30-12-14-32(15-13-30)49-19-6-9-31-28-44(43-42-31)18-20-47-21-22-48-23-24-50-33-16-17-35-37(46)27-39(52-41(35)25-33)29-7-2-1-3-8-29/h1-5,7-8,10-17,25-28H,6,9,18-24H2. The van der Waals surface area contributed by atoms with Crippen LogP contribution < -0.4 is 20.3 Å². The van der Waals surface area contributed by atoms with Gasteiger partial charge in [0, 0.05) is 35.5 Å². The van der Waals surface area contributed by atoms with Crippen molar-refractivity contribution in [2.75, 3.05) is 39.6 Å². The van der Waals surface area contributed by atoms with Gasteiger partial charge in [-0.2, -0.15) is 0 Å². The van der Waals surface area contributed by atoms with Crippen LogP contribution in [0.25, 0.3) is 44.6 Å². The smallest absolute Gasteiger partial charge is 0.193 e. The van der Waals surface area contributed by atoms with E-state index in [-0.39, 0.29) is 10.9 Å². The summed E-state index contributed by atoms with van der Waals surface area (Å²) in [5.74, 6) is 2.38. The molecule has 3 aromatic heterocycles. The van der Waals surface area contributed by atoms with Crippen LogP contribution >= 0.6 is 0 Å². The van der Waals surface area contributed by atoms with E-state index in [9.17, 15) is 9.59 Å². The topological polar surface area (TPSA) is 128 Å². The maximum absolute atomic E-state index is 12.6. The molecular formula is C41H37N3O8. The zero-order valence-electron chi connectivity index (χ0n) is 28.4. The fourth-order valence-electron chi connectivity index (χ4n) is 5.64. The van der Waals surface area contributed by atoms with Crippen LogP contribution in [0, 0.1) is 0 Å². The van der Waals surface area contributed by atoms with Gasteiger partial charge in [-0.15, -0.1) is 5.10 Å². The fourth-order valence-corrected chi connectivity index (χ4v) is 5.64. The first kappa shape index (κ1) is 34.4. The molecule has 0 atom stereocenters. The van der Waals surface area contributed by atoms with Crippen molar-refractivity contribution in [1.82, 2.24) is 15.0 Å². The molecular weight excluding hydrogens is 662 g/mol. The molecule has 11 nitrogen and oxygen atoms in total. The van der Waals surface area contributed by atoms with Crippen LogP contribution in [-0.2, 0) is 22.4 Å². The third kappa shape index (κ3) is 8.81. The summed E-state index contributed by atoms with van der Waals surface area (Å²) in [4.78, 5) is 25.0. The number of hydrogen-bond acceptors (Lipinski definition) is 10. The molecule has 11 heteroatoms. The zero-order valence-corrected chi connectivity index (χ0v) is 28.4. The van der Waals surface area contributed by atoms with Crippen LogP contribution in [0.15, 0.2) is 134 Å². The summed E-state index contributed by atoms with van der Waals surface area (Å²) in [6, 6.07) is 32.5. The first-order valence-corrected chi connectivity index (χ1v) is 17.2. The number of ether oxygens (including phenoxy) is 4. The molecule has 52 heavy (non-hydrogen) atoms. The molecule has 0 aliphatic heterocycles. The Labute approximate surface area is 298 Å². The largest absolute Gasteiger partial charge is 0.494 e. The van der Waals surface area contributed by atoms with Crippen molar-refractivity contribution in [1.29, 1.82) is 0 Å². The van der Waals surface area contributed by atoms with Gasteiger partial charge >= 0.3 is 0 Å². The lowest BCUT2D eigenvalue weighted by Gasteiger charge is -2.09. The Morgan fingerprint density at radius 1 is 0.577 bits per heavy atom. The number of aromatic nitrogens is 3. The third-order valence-electron chi connectivity index (χ3n) is 8.30. The van der Waals surface area contributed by atoms with Crippen molar-refractivity contribution in [2.45, 2.75) is 19.4 Å². The molecule has 0 unspecified atom stereocenters. The van der Waals surface area contributed by atoms with E-state index in [0.29, 0.717) is 85.4 Å². The molecule has 0 saturated carbocycles. The fraction of sp³-hybridized carbons (Fsp3) is 0.220. The highest BCUT2D eigenvalue weighted by Crippen LogP contribution is 2.26.